The normalized spacial score (nSPS) is 22.3. The Labute approximate surface area is 237 Å². The lowest BCUT2D eigenvalue weighted by molar-refractivity contribution is 0.00547. The molecule has 5 rings (SSSR count). The number of piperidine rings is 1. The highest BCUT2D eigenvalue weighted by Gasteiger charge is 2.55. The first kappa shape index (κ1) is 27.8. The number of methoxy groups -OCH3 is 1. The van der Waals surface area contributed by atoms with Gasteiger partial charge in [0.2, 0.25) is 5.88 Å². The summed E-state index contributed by atoms with van der Waals surface area (Å²) in [7, 11) is 1.53. The summed E-state index contributed by atoms with van der Waals surface area (Å²) in [4.78, 5) is 28.0. The number of nitrogens with one attached hydrogen (secondary N) is 3. The number of allylic oxidation sites excluding steroid dienone is 3. The minimum Gasteiger partial charge on any atom is -0.489 e. The largest absolute Gasteiger partial charge is 0.489 e. The van der Waals surface area contributed by atoms with Crippen molar-refractivity contribution in [3.8, 4) is 11.9 Å². The van der Waals surface area contributed by atoms with E-state index in [0.717, 1.165) is 25.1 Å². The molecule has 2 fully saturated rings. The monoisotopic (exact) mass is 556 g/mol. The Hall–Kier alpha value is -4.76. The van der Waals surface area contributed by atoms with Gasteiger partial charge < -0.3 is 35.5 Å². The number of rotatable bonds is 10. The SMILES string of the molecule is COc1ccc(C(=O)NC[C@@H]2[C@H]3CN(c4cnc(C5=CC(OCC(C)(C)O)=CN/C5=C(/C#N)C=N)cn4)C[C@@H]23)cn1. The lowest BCUT2D eigenvalue weighted by Crippen LogP contribution is -2.31. The number of aromatic nitrogens is 3. The molecule has 2 aliphatic heterocycles. The van der Waals surface area contributed by atoms with Gasteiger partial charge in [-0.25, -0.2) is 9.97 Å². The molecule has 1 aliphatic carbocycles. The molecule has 2 aromatic heterocycles. The molecule has 4 heterocycles. The van der Waals surface area contributed by atoms with E-state index < -0.39 is 5.60 Å². The second kappa shape index (κ2) is 11.4. The molecule has 3 atom stereocenters. The number of anilines is 1. The van der Waals surface area contributed by atoms with Gasteiger partial charge in [-0.15, -0.1) is 0 Å². The number of amides is 1. The second-order valence-corrected chi connectivity index (χ2v) is 10.9. The Kier molecular flexibility index (Phi) is 7.72. The van der Waals surface area contributed by atoms with E-state index in [-0.39, 0.29) is 18.1 Å². The van der Waals surface area contributed by atoms with Gasteiger partial charge in [0.15, 0.2) is 0 Å². The van der Waals surface area contributed by atoms with Gasteiger partial charge in [-0.3, -0.25) is 9.78 Å². The standard InChI is InChI=1S/C29H32N8O4/c1-29(2,39)16-41-19-6-20(27(35-10-19)18(7-30)8-31)24-12-33-25(13-32-24)37-14-22-21(23(22)15-37)11-36-28(38)17-4-5-26(40-3)34-9-17/h4-7,9-10,12-13,21-23,30,35,39H,11,14-16H2,1-3H3,(H,36,38)/b27-18+,30-7?/t21-,22-,23+. The quantitative estimate of drug-likeness (QED) is 0.251. The minimum absolute atomic E-state index is 0.0737. The van der Waals surface area contributed by atoms with Crippen molar-refractivity contribution in [3.63, 3.8) is 0 Å². The van der Waals surface area contributed by atoms with Crippen LogP contribution in [0.4, 0.5) is 5.82 Å². The van der Waals surface area contributed by atoms with Crippen molar-refractivity contribution in [1.82, 2.24) is 25.6 Å². The van der Waals surface area contributed by atoms with Crippen molar-refractivity contribution < 1.29 is 19.4 Å². The van der Waals surface area contributed by atoms with Gasteiger partial charge in [0, 0.05) is 49.9 Å². The Morgan fingerprint density at radius 3 is 2.63 bits per heavy atom. The summed E-state index contributed by atoms with van der Waals surface area (Å²) in [5.74, 6) is 2.93. The van der Waals surface area contributed by atoms with Gasteiger partial charge in [-0.1, -0.05) is 0 Å². The smallest absolute Gasteiger partial charge is 0.252 e. The van der Waals surface area contributed by atoms with E-state index in [1.54, 1.807) is 50.6 Å². The van der Waals surface area contributed by atoms with Gasteiger partial charge in [0.25, 0.3) is 5.91 Å². The molecule has 212 valence electrons. The number of hydrogen-bond acceptors (Lipinski definition) is 11. The summed E-state index contributed by atoms with van der Waals surface area (Å²) >= 11 is 0. The fourth-order valence-electron chi connectivity index (χ4n) is 5.12. The van der Waals surface area contributed by atoms with Crippen LogP contribution in [-0.2, 0) is 4.74 Å². The van der Waals surface area contributed by atoms with Crippen LogP contribution in [0.5, 0.6) is 5.88 Å². The Morgan fingerprint density at radius 2 is 2.05 bits per heavy atom. The predicted octanol–water partition coefficient (Wildman–Crippen LogP) is 2.04. The number of pyridine rings is 1. The van der Waals surface area contributed by atoms with Crippen molar-refractivity contribution in [1.29, 1.82) is 10.7 Å². The zero-order valence-electron chi connectivity index (χ0n) is 23.1. The lowest BCUT2D eigenvalue weighted by atomic mass is 10.0. The van der Waals surface area contributed by atoms with Crippen LogP contribution in [0.2, 0.25) is 0 Å². The number of carbonyl (C=O) groups is 1. The van der Waals surface area contributed by atoms with Crippen molar-refractivity contribution in [2.24, 2.45) is 17.8 Å². The van der Waals surface area contributed by atoms with Crippen LogP contribution in [0, 0.1) is 34.5 Å². The molecule has 0 radical (unpaired) electrons. The molecule has 12 heteroatoms. The van der Waals surface area contributed by atoms with Gasteiger partial charge in [-0.2, -0.15) is 5.26 Å². The van der Waals surface area contributed by atoms with E-state index >= 15 is 0 Å². The average Bonchev–Trinajstić information content (AvgIpc) is 3.43. The number of dihydropyridines is 1. The molecule has 2 aromatic rings. The van der Waals surface area contributed by atoms with E-state index in [1.807, 2.05) is 6.07 Å². The molecule has 1 saturated heterocycles. The van der Waals surface area contributed by atoms with Crippen molar-refractivity contribution in [2.45, 2.75) is 19.4 Å². The summed E-state index contributed by atoms with van der Waals surface area (Å²) in [5.41, 5.74) is 1.13. The molecule has 41 heavy (non-hydrogen) atoms. The van der Waals surface area contributed by atoms with Gasteiger partial charge >= 0.3 is 0 Å². The summed E-state index contributed by atoms with van der Waals surface area (Å²) < 4.78 is 10.8. The highest BCUT2D eigenvalue weighted by molar-refractivity contribution is 5.94. The summed E-state index contributed by atoms with van der Waals surface area (Å²) in [6, 6.07) is 5.39. The van der Waals surface area contributed by atoms with Gasteiger partial charge in [0.05, 0.1) is 47.6 Å². The molecule has 4 N–H and O–H groups in total. The van der Waals surface area contributed by atoms with Crippen LogP contribution < -0.4 is 20.3 Å². The maximum absolute atomic E-state index is 12.5. The number of fused-ring (bicyclic) bond motifs is 1. The van der Waals surface area contributed by atoms with Crippen molar-refractivity contribution >= 4 is 23.5 Å². The highest BCUT2D eigenvalue weighted by Crippen LogP contribution is 2.52. The van der Waals surface area contributed by atoms with E-state index in [2.05, 4.69) is 30.5 Å². The Bertz CT molecular complexity index is 1440. The Balaban J connectivity index is 1.20. The van der Waals surface area contributed by atoms with Crippen LogP contribution in [0.1, 0.15) is 29.9 Å². The third kappa shape index (κ3) is 6.20. The average molecular weight is 557 g/mol. The first-order valence-corrected chi connectivity index (χ1v) is 13.2. The van der Waals surface area contributed by atoms with Gasteiger partial charge in [-0.05, 0) is 43.7 Å². The first-order chi connectivity index (χ1) is 19.7. The zero-order chi connectivity index (χ0) is 29.1. The fraction of sp³-hybridized carbons (Fsp3) is 0.379. The molecular formula is C29H32N8O4. The second-order valence-electron chi connectivity index (χ2n) is 10.9. The molecule has 1 saturated carbocycles. The number of nitriles is 1. The van der Waals surface area contributed by atoms with Crippen LogP contribution in [0.3, 0.4) is 0 Å². The number of hydrogen-bond donors (Lipinski definition) is 4. The van der Waals surface area contributed by atoms with Crippen LogP contribution in [0.15, 0.2) is 60.0 Å². The summed E-state index contributed by atoms with van der Waals surface area (Å²) in [6.45, 7) is 5.66. The lowest BCUT2D eigenvalue weighted by Gasteiger charge is -2.23. The van der Waals surface area contributed by atoms with Crippen molar-refractivity contribution in [3.05, 3.63) is 71.3 Å². The number of carbonyl (C=O) groups excluding carboxylic acids is 1. The molecule has 12 nitrogen and oxygen atoms in total. The topological polar surface area (TPSA) is 169 Å². The summed E-state index contributed by atoms with van der Waals surface area (Å²) in [6.07, 6.45) is 9.14. The van der Waals surface area contributed by atoms with E-state index in [4.69, 9.17) is 14.9 Å². The van der Waals surface area contributed by atoms with E-state index in [1.165, 1.54) is 13.3 Å². The van der Waals surface area contributed by atoms with Crippen LogP contribution in [0.25, 0.3) is 5.57 Å². The summed E-state index contributed by atoms with van der Waals surface area (Å²) in [5, 5.41) is 33.2. The molecule has 3 aliphatic rings. The third-order valence-electron chi connectivity index (χ3n) is 7.36. The molecule has 1 amide bonds. The highest BCUT2D eigenvalue weighted by atomic mass is 16.5. The van der Waals surface area contributed by atoms with E-state index in [0.29, 0.717) is 58.5 Å². The van der Waals surface area contributed by atoms with Crippen LogP contribution >= 0.6 is 0 Å². The van der Waals surface area contributed by atoms with Crippen LogP contribution in [-0.4, -0.2) is 71.1 Å². The molecule has 0 unspecified atom stereocenters. The van der Waals surface area contributed by atoms with E-state index in [9.17, 15) is 15.2 Å². The molecular weight excluding hydrogens is 524 g/mol. The number of ether oxygens (including phenoxy) is 2. The predicted molar refractivity (Wildman–Crippen MR) is 151 cm³/mol. The molecule has 0 bridgehead atoms. The minimum atomic E-state index is -1.02. The number of aliphatic hydroxyl groups is 1. The maximum Gasteiger partial charge on any atom is 0.252 e. The fourth-order valence-corrected chi connectivity index (χ4v) is 5.12. The van der Waals surface area contributed by atoms with Crippen molar-refractivity contribution in [2.75, 3.05) is 38.3 Å². The number of nitrogens with zero attached hydrogens (tertiary/aromatic N) is 5. The first-order valence-electron chi connectivity index (χ1n) is 13.2. The molecule has 0 spiro atoms. The van der Waals surface area contributed by atoms with Gasteiger partial charge in [0.1, 0.15) is 24.3 Å². The molecule has 0 aromatic carbocycles. The third-order valence-corrected chi connectivity index (χ3v) is 7.36. The maximum atomic E-state index is 12.5. The Morgan fingerprint density at radius 1 is 1.27 bits per heavy atom. The zero-order valence-corrected chi connectivity index (χ0v) is 23.1.